The van der Waals surface area contributed by atoms with E-state index in [4.69, 9.17) is 37.9 Å². The van der Waals surface area contributed by atoms with Crippen molar-refractivity contribution in [3.63, 3.8) is 0 Å². The van der Waals surface area contributed by atoms with Crippen LogP contribution in [0.1, 0.15) is 40.5 Å². The van der Waals surface area contributed by atoms with E-state index in [-0.39, 0.29) is 43.5 Å². The molecule has 3 fully saturated rings. The highest BCUT2D eigenvalue weighted by atomic mass is 16.7. The van der Waals surface area contributed by atoms with Gasteiger partial charge >= 0.3 is 0 Å². The summed E-state index contributed by atoms with van der Waals surface area (Å²) in [7, 11) is 6.28. The number of hydrogen-bond acceptors (Lipinski definition) is 10. The van der Waals surface area contributed by atoms with Gasteiger partial charge in [-0.3, -0.25) is 4.79 Å². The van der Waals surface area contributed by atoms with E-state index in [0.717, 1.165) is 5.57 Å². The lowest BCUT2D eigenvalue weighted by atomic mass is 9.72. The van der Waals surface area contributed by atoms with E-state index in [1.165, 1.54) is 7.11 Å². The van der Waals surface area contributed by atoms with Crippen LogP contribution >= 0.6 is 0 Å². The molecule has 2 N–H and O–H groups in total. The molecular weight excluding hydrogens is 486 g/mol. The highest BCUT2D eigenvalue weighted by molar-refractivity contribution is 5.82. The zero-order chi connectivity index (χ0) is 27.5. The van der Waals surface area contributed by atoms with Gasteiger partial charge in [0.15, 0.2) is 12.3 Å². The van der Waals surface area contributed by atoms with E-state index in [1.807, 2.05) is 13.8 Å². The van der Waals surface area contributed by atoms with Crippen molar-refractivity contribution in [3.05, 3.63) is 12.2 Å². The third kappa shape index (κ3) is 6.05. The molecule has 214 valence electrons. The molecule has 0 spiro atoms. The summed E-state index contributed by atoms with van der Waals surface area (Å²) in [5.41, 5.74) is 0.386. The first kappa shape index (κ1) is 30.4. The van der Waals surface area contributed by atoms with Crippen LogP contribution in [0.5, 0.6) is 0 Å². The molecule has 3 aliphatic heterocycles. The molecule has 0 bridgehead atoms. The van der Waals surface area contributed by atoms with Gasteiger partial charge in [-0.2, -0.15) is 0 Å². The number of fused-ring (bicyclic) bond motifs is 1. The van der Waals surface area contributed by atoms with Crippen LogP contribution in [0.15, 0.2) is 12.2 Å². The van der Waals surface area contributed by atoms with E-state index in [2.05, 4.69) is 25.7 Å². The summed E-state index contributed by atoms with van der Waals surface area (Å²) in [6.07, 6.45) is -4.23. The Morgan fingerprint density at radius 3 is 2.46 bits per heavy atom. The summed E-state index contributed by atoms with van der Waals surface area (Å²) in [6, 6.07) is 0. The predicted molar refractivity (Wildman–Crippen MR) is 132 cm³/mol. The first-order valence-corrected chi connectivity index (χ1v) is 12.8. The van der Waals surface area contributed by atoms with Gasteiger partial charge in [-0.15, -0.1) is 0 Å². The molecule has 37 heavy (non-hydrogen) atoms. The molecule has 3 aliphatic rings. The molecule has 11 heteroatoms. The molecule has 1 amide bonds. The molecule has 10 atom stereocenters. The number of hydrogen-bond donors (Lipinski definition) is 2. The molecule has 0 aromatic heterocycles. The highest BCUT2D eigenvalue weighted by Gasteiger charge is 2.57. The minimum Gasteiger partial charge on any atom is -0.382 e. The average Bonchev–Trinajstić information content (AvgIpc) is 2.86. The summed E-state index contributed by atoms with van der Waals surface area (Å²) in [5.74, 6) is -2.21. The van der Waals surface area contributed by atoms with Crippen molar-refractivity contribution in [2.24, 2.45) is 11.3 Å². The fourth-order valence-corrected chi connectivity index (χ4v) is 5.59. The number of carbonyl (C=O) groups is 1. The topological polar surface area (TPSA) is 123 Å². The lowest BCUT2D eigenvalue weighted by Crippen LogP contribution is -2.69. The zero-order valence-corrected chi connectivity index (χ0v) is 23.4. The number of rotatable bonds is 10. The molecule has 0 radical (unpaired) electrons. The summed E-state index contributed by atoms with van der Waals surface area (Å²) < 4.78 is 46.5. The Bertz CT molecular complexity index is 793. The van der Waals surface area contributed by atoms with Crippen LogP contribution in [0, 0.1) is 11.3 Å². The Hall–Kier alpha value is -1.15. The second kappa shape index (κ2) is 12.4. The minimum atomic E-state index is -1.64. The Labute approximate surface area is 220 Å². The maximum absolute atomic E-state index is 13.3. The van der Waals surface area contributed by atoms with Crippen molar-refractivity contribution < 1.29 is 47.8 Å². The number of aliphatic hydroxyl groups is 1. The second-order valence-electron chi connectivity index (χ2n) is 10.8. The van der Waals surface area contributed by atoms with Gasteiger partial charge in [-0.1, -0.05) is 32.9 Å². The van der Waals surface area contributed by atoms with Crippen LogP contribution in [-0.2, 0) is 42.7 Å². The molecule has 0 aliphatic carbocycles. The Morgan fingerprint density at radius 2 is 1.89 bits per heavy atom. The monoisotopic (exact) mass is 531 g/mol. The van der Waals surface area contributed by atoms with Gasteiger partial charge in [0.2, 0.25) is 5.79 Å². The lowest BCUT2D eigenvalue weighted by molar-refractivity contribution is -0.333. The van der Waals surface area contributed by atoms with E-state index >= 15 is 0 Å². The van der Waals surface area contributed by atoms with Crippen LogP contribution in [-0.4, -0.2) is 108 Å². The van der Waals surface area contributed by atoms with E-state index in [1.54, 1.807) is 21.3 Å². The van der Waals surface area contributed by atoms with Gasteiger partial charge in [0, 0.05) is 52.6 Å². The van der Waals surface area contributed by atoms with Gasteiger partial charge in [0.25, 0.3) is 5.91 Å². The third-order valence-corrected chi connectivity index (χ3v) is 8.23. The number of nitrogens with one attached hydrogen (secondary N) is 1. The van der Waals surface area contributed by atoms with Crippen LogP contribution in [0.3, 0.4) is 0 Å². The number of aliphatic hydroxyl groups excluding tert-OH is 1. The summed E-state index contributed by atoms with van der Waals surface area (Å²) in [6.45, 7) is 12.4. The molecule has 0 aromatic carbocycles. The number of ether oxygens (including phenoxy) is 8. The van der Waals surface area contributed by atoms with E-state index in [0.29, 0.717) is 13.0 Å². The lowest BCUT2D eigenvalue weighted by Gasteiger charge is -2.54. The first-order valence-electron chi connectivity index (χ1n) is 12.8. The fourth-order valence-electron chi connectivity index (χ4n) is 5.59. The Balaban J connectivity index is 1.80. The predicted octanol–water partition coefficient (Wildman–Crippen LogP) is 1.37. The third-order valence-electron chi connectivity index (χ3n) is 8.23. The second-order valence-corrected chi connectivity index (χ2v) is 10.8. The summed E-state index contributed by atoms with van der Waals surface area (Å²) in [4.78, 5) is 13.3. The molecule has 0 aromatic rings. The molecule has 3 saturated heterocycles. The molecule has 4 unspecified atom stereocenters. The fraction of sp³-hybridized carbons (Fsp3) is 0.885. The van der Waals surface area contributed by atoms with Crippen LogP contribution in [0.4, 0.5) is 0 Å². The van der Waals surface area contributed by atoms with Gasteiger partial charge in [-0.05, 0) is 6.92 Å². The Morgan fingerprint density at radius 1 is 1.19 bits per heavy atom. The quantitative estimate of drug-likeness (QED) is 0.400. The molecule has 3 heterocycles. The van der Waals surface area contributed by atoms with Gasteiger partial charge in [0.1, 0.15) is 19.0 Å². The number of methoxy groups -OCH3 is 4. The summed E-state index contributed by atoms with van der Waals surface area (Å²) in [5, 5.41) is 13.9. The smallest absolute Gasteiger partial charge is 0.256 e. The van der Waals surface area contributed by atoms with E-state index in [9.17, 15) is 9.90 Å². The molecule has 0 saturated carbocycles. The molecular formula is C26H45NO10. The van der Waals surface area contributed by atoms with Gasteiger partial charge in [0.05, 0.1) is 31.0 Å². The molecule has 3 rings (SSSR count). The maximum Gasteiger partial charge on any atom is 0.256 e. The van der Waals surface area contributed by atoms with Crippen molar-refractivity contribution in [2.75, 3.05) is 41.8 Å². The maximum atomic E-state index is 13.3. The van der Waals surface area contributed by atoms with Crippen LogP contribution in [0.25, 0.3) is 0 Å². The minimum absolute atomic E-state index is 0.0639. The van der Waals surface area contributed by atoms with Crippen molar-refractivity contribution in [2.45, 2.75) is 95.3 Å². The van der Waals surface area contributed by atoms with E-state index < -0.39 is 41.6 Å². The first-order chi connectivity index (χ1) is 17.4. The van der Waals surface area contributed by atoms with Crippen molar-refractivity contribution in [3.8, 4) is 0 Å². The number of carbonyl (C=O) groups excluding carboxylic acids is 1. The standard InChI is InChI=1S/C26H45NO10/c1-14-11-26(33-9,37-16(3)15(14)2)21(28)23(29)27-24-20-19(34-13-35-24)22(32-8)25(4,5)18(36-20)10-17(31-7)12-30-6/h15-22,24,28H,1,10-13H2,2-9H3,(H,27,29)/t15-,16-,17+,18-,19+,20?,21?,22?,24+,26?/m1/s1. The SMILES string of the molecule is C=C1CC(OC)(C(O)C(=O)N[C@H]2OCO[C@H]3C2O[C@H](C[C@@H](COC)OC)C(C)(C)C3OC)O[C@H](C)[C@@H]1C. The van der Waals surface area contributed by atoms with Crippen LogP contribution < -0.4 is 5.32 Å². The van der Waals surface area contributed by atoms with Gasteiger partial charge < -0.3 is 48.3 Å². The molecule has 11 nitrogen and oxygen atoms in total. The summed E-state index contributed by atoms with van der Waals surface area (Å²) >= 11 is 0. The average molecular weight is 532 g/mol. The normalized spacial score (nSPS) is 39.5. The largest absolute Gasteiger partial charge is 0.382 e. The highest BCUT2D eigenvalue weighted by Crippen LogP contribution is 2.44. The number of amides is 1. The van der Waals surface area contributed by atoms with Crippen molar-refractivity contribution in [1.82, 2.24) is 5.32 Å². The van der Waals surface area contributed by atoms with Crippen LogP contribution in [0.2, 0.25) is 0 Å². The van der Waals surface area contributed by atoms with Crippen molar-refractivity contribution >= 4 is 5.91 Å². The zero-order valence-electron chi connectivity index (χ0n) is 23.4. The van der Waals surface area contributed by atoms with Crippen molar-refractivity contribution in [1.29, 1.82) is 0 Å². The van der Waals surface area contributed by atoms with Gasteiger partial charge in [-0.25, -0.2) is 0 Å². The Kier molecular flexibility index (Phi) is 10.1.